The molecule has 0 fully saturated rings. The van der Waals surface area contributed by atoms with Gasteiger partial charge in [0, 0.05) is 5.92 Å². The summed E-state index contributed by atoms with van der Waals surface area (Å²) in [7, 11) is 0. The Morgan fingerprint density at radius 2 is 1.55 bits per heavy atom. The number of aliphatic hydroxyl groups is 1. The first-order valence-corrected chi connectivity index (χ1v) is 7.19. The van der Waals surface area contributed by atoms with Gasteiger partial charge in [0.05, 0.1) is 6.10 Å². The van der Waals surface area contributed by atoms with Crippen molar-refractivity contribution in [3.63, 3.8) is 0 Å². The van der Waals surface area contributed by atoms with Crippen molar-refractivity contribution in [3.05, 3.63) is 84.4 Å². The number of rotatable bonds is 7. The molecule has 1 heteroatoms. The number of aliphatic hydroxyl groups excluding tert-OH is 1. The van der Waals surface area contributed by atoms with Crippen LogP contribution in [0.1, 0.15) is 29.9 Å². The number of benzene rings is 2. The van der Waals surface area contributed by atoms with E-state index in [1.54, 1.807) is 0 Å². The average Bonchev–Trinajstić information content (AvgIpc) is 2.52. The molecule has 0 aliphatic rings. The van der Waals surface area contributed by atoms with E-state index in [0.717, 1.165) is 19.3 Å². The first kappa shape index (κ1) is 14.5. The lowest BCUT2D eigenvalue weighted by Gasteiger charge is -2.17. The van der Waals surface area contributed by atoms with Gasteiger partial charge >= 0.3 is 0 Å². The zero-order valence-corrected chi connectivity index (χ0v) is 11.8. The minimum atomic E-state index is -0.293. The lowest BCUT2D eigenvalue weighted by molar-refractivity contribution is 0.150. The Labute approximate surface area is 121 Å². The summed E-state index contributed by atoms with van der Waals surface area (Å²) >= 11 is 0. The monoisotopic (exact) mass is 266 g/mol. The van der Waals surface area contributed by atoms with Gasteiger partial charge in [-0.05, 0) is 30.4 Å². The summed E-state index contributed by atoms with van der Waals surface area (Å²) in [4.78, 5) is 0. The van der Waals surface area contributed by atoms with Gasteiger partial charge in [0.1, 0.15) is 0 Å². The zero-order chi connectivity index (χ0) is 14.2. The van der Waals surface area contributed by atoms with Crippen LogP contribution < -0.4 is 0 Å². The van der Waals surface area contributed by atoms with Crippen molar-refractivity contribution in [2.24, 2.45) is 0 Å². The first-order chi connectivity index (χ1) is 9.79. The molecule has 0 aliphatic heterocycles. The second-order valence-electron chi connectivity index (χ2n) is 5.17. The average molecular weight is 266 g/mol. The summed E-state index contributed by atoms with van der Waals surface area (Å²) in [6.45, 7) is 3.90. The third-order valence-electron chi connectivity index (χ3n) is 3.65. The molecule has 0 spiro atoms. The molecular formula is C19H22O. The molecule has 20 heavy (non-hydrogen) atoms. The molecular weight excluding hydrogens is 244 g/mol. The highest BCUT2D eigenvalue weighted by Gasteiger charge is 2.13. The largest absolute Gasteiger partial charge is 0.393 e. The van der Waals surface area contributed by atoms with Gasteiger partial charge < -0.3 is 5.11 Å². The van der Waals surface area contributed by atoms with Crippen molar-refractivity contribution in [2.45, 2.75) is 31.3 Å². The van der Waals surface area contributed by atoms with E-state index in [4.69, 9.17) is 0 Å². The van der Waals surface area contributed by atoms with Gasteiger partial charge in [0.2, 0.25) is 0 Å². The van der Waals surface area contributed by atoms with Crippen molar-refractivity contribution < 1.29 is 5.11 Å². The summed E-state index contributed by atoms with van der Waals surface area (Å²) in [5.41, 5.74) is 2.50. The van der Waals surface area contributed by atoms with Gasteiger partial charge in [-0.2, -0.15) is 0 Å². The van der Waals surface area contributed by atoms with Crippen molar-refractivity contribution in [2.75, 3.05) is 0 Å². The maximum Gasteiger partial charge on any atom is 0.0552 e. The second kappa shape index (κ2) is 7.66. The Morgan fingerprint density at radius 3 is 2.15 bits per heavy atom. The summed E-state index contributed by atoms with van der Waals surface area (Å²) in [6, 6.07) is 20.6. The van der Waals surface area contributed by atoms with Gasteiger partial charge in [0.15, 0.2) is 0 Å². The summed E-state index contributed by atoms with van der Waals surface area (Å²) in [6.07, 6.45) is 4.09. The Balaban J connectivity index is 1.87. The van der Waals surface area contributed by atoms with E-state index in [1.165, 1.54) is 11.1 Å². The number of hydrogen-bond acceptors (Lipinski definition) is 1. The van der Waals surface area contributed by atoms with Gasteiger partial charge in [-0.3, -0.25) is 0 Å². The normalized spacial score (nSPS) is 13.7. The fourth-order valence-electron chi connectivity index (χ4n) is 2.46. The highest BCUT2D eigenvalue weighted by molar-refractivity contribution is 5.23. The highest BCUT2D eigenvalue weighted by atomic mass is 16.3. The molecule has 104 valence electrons. The van der Waals surface area contributed by atoms with Crippen molar-refractivity contribution in [3.8, 4) is 0 Å². The zero-order valence-electron chi connectivity index (χ0n) is 11.8. The Hall–Kier alpha value is -1.86. The van der Waals surface area contributed by atoms with Crippen molar-refractivity contribution >= 4 is 0 Å². The SMILES string of the molecule is C=CC(CC(O)CCc1ccccc1)c1ccccc1. The van der Waals surface area contributed by atoms with Crippen LogP contribution in [0.15, 0.2) is 73.3 Å². The van der Waals surface area contributed by atoms with Crippen LogP contribution in [0.25, 0.3) is 0 Å². The molecule has 0 radical (unpaired) electrons. The molecule has 2 atom stereocenters. The maximum absolute atomic E-state index is 10.2. The molecule has 0 aliphatic carbocycles. The number of allylic oxidation sites excluding steroid dienone is 1. The molecule has 0 bridgehead atoms. The maximum atomic E-state index is 10.2. The van der Waals surface area contributed by atoms with E-state index in [-0.39, 0.29) is 12.0 Å². The van der Waals surface area contributed by atoms with Crippen LogP contribution in [0.2, 0.25) is 0 Å². The van der Waals surface area contributed by atoms with Crippen LogP contribution in [0, 0.1) is 0 Å². The predicted molar refractivity (Wildman–Crippen MR) is 84.8 cm³/mol. The fourth-order valence-corrected chi connectivity index (χ4v) is 2.46. The van der Waals surface area contributed by atoms with Crippen molar-refractivity contribution in [1.82, 2.24) is 0 Å². The molecule has 1 nitrogen and oxygen atoms in total. The molecule has 1 N–H and O–H groups in total. The van der Waals surface area contributed by atoms with E-state index in [0.29, 0.717) is 0 Å². The molecule has 2 rings (SSSR count). The third-order valence-corrected chi connectivity index (χ3v) is 3.65. The number of hydrogen-bond donors (Lipinski definition) is 1. The smallest absolute Gasteiger partial charge is 0.0552 e. The molecule has 0 saturated carbocycles. The minimum Gasteiger partial charge on any atom is -0.393 e. The highest BCUT2D eigenvalue weighted by Crippen LogP contribution is 2.23. The van der Waals surface area contributed by atoms with Gasteiger partial charge in [-0.1, -0.05) is 66.7 Å². The Kier molecular flexibility index (Phi) is 5.57. The van der Waals surface area contributed by atoms with Crippen LogP contribution in [0.5, 0.6) is 0 Å². The predicted octanol–water partition coefficient (Wildman–Crippen LogP) is 4.34. The topological polar surface area (TPSA) is 20.2 Å². The fraction of sp³-hybridized carbons (Fsp3) is 0.263. The summed E-state index contributed by atoms with van der Waals surface area (Å²) < 4.78 is 0. The van der Waals surface area contributed by atoms with E-state index in [1.807, 2.05) is 42.5 Å². The molecule has 2 aromatic rings. The van der Waals surface area contributed by atoms with Crippen LogP contribution in [0.3, 0.4) is 0 Å². The van der Waals surface area contributed by atoms with Crippen LogP contribution in [0.4, 0.5) is 0 Å². The van der Waals surface area contributed by atoms with Crippen LogP contribution in [-0.4, -0.2) is 11.2 Å². The van der Waals surface area contributed by atoms with Crippen LogP contribution >= 0.6 is 0 Å². The lowest BCUT2D eigenvalue weighted by Crippen LogP contribution is -2.12. The quantitative estimate of drug-likeness (QED) is 0.739. The molecule has 0 heterocycles. The van der Waals surface area contributed by atoms with E-state index >= 15 is 0 Å². The molecule has 0 saturated heterocycles. The first-order valence-electron chi connectivity index (χ1n) is 7.19. The van der Waals surface area contributed by atoms with Crippen LogP contribution in [-0.2, 0) is 6.42 Å². The Morgan fingerprint density at radius 1 is 0.950 bits per heavy atom. The van der Waals surface area contributed by atoms with Gasteiger partial charge in [-0.15, -0.1) is 6.58 Å². The standard InChI is InChI=1S/C19H22O/c1-2-17(18-11-7-4-8-12-18)15-19(20)14-13-16-9-5-3-6-10-16/h2-12,17,19-20H,1,13-15H2. The van der Waals surface area contributed by atoms with E-state index in [9.17, 15) is 5.11 Å². The molecule has 2 unspecified atom stereocenters. The summed E-state index contributed by atoms with van der Waals surface area (Å²) in [5, 5.41) is 10.2. The number of aryl methyl sites for hydroxylation is 1. The van der Waals surface area contributed by atoms with E-state index in [2.05, 4.69) is 30.8 Å². The van der Waals surface area contributed by atoms with E-state index < -0.39 is 0 Å². The Bertz CT molecular complexity index is 504. The lowest BCUT2D eigenvalue weighted by atomic mass is 9.91. The van der Waals surface area contributed by atoms with Gasteiger partial charge in [0.25, 0.3) is 0 Å². The summed E-state index contributed by atoms with van der Waals surface area (Å²) in [5.74, 6) is 0.224. The second-order valence-corrected chi connectivity index (χ2v) is 5.17. The third kappa shape index (κ3) is 4.36. The molecule has 0 aromatic heterocycles. The van der Waals surface area contributed by atoms with Crippen molar-refractivity contribution in [1.29, 1.82) is 0 Å². The molecule has 0 amide bonds. The minimum absolute atomic E-state index is 0.224. The van der Waals surface area contributed by atoms with Gasteiger partial charge in [-0.25, -0.2) is 0 Å². The molecule has 2 aromatic carbocycles.